The molecule has 2 amide bonds. The van der Waals surface area contributed by atoms with E-state index in [1.54, 1.807) is 12.1 Å². The molecule has 0 bridgehead atoms. The molecule has 0 aliphatic heterocycles. The molecule has 88 valence electrons. The van der Waals surface area contributed by atoms with Crippen LogP contribution >= 0.6 is 0 Å². The number of benzene rings is 1. The smallest absolute Gasteiger partial charge is 0.312 e. The van der Waals surface area contributed by atoms with Gasteiger partial charge in [-0.2, -0.15) is 0 Å². The van der Waals surface area contributed by atoms with Crippen LogP contribution in [0.25, 0.3) is 0 Å². The Hall–Kier alpha value is -1.95. The van der Waals surface area contributed by atoms with Gasteiger partial charge in [0, 0.05) is 25.2 Å². The number of phenols is 2. The third-order valence-electron chi connectivity index (χ3n) is 2.01. The summed E-state index contributed by atoms with van der Waals surface area (Å²) in [6, 6.07) is 4.19. The molecule has 0 spiro atoms. The molecule has 16 heavy (non-hydrogen) atoms. The first-order chi connectivity index (χ1) is 7.61. The van der Waals surface area contributed by atoms with E-state index in [2.05, 4.69) is 10.6 Å². The third-order valence-corrected chi connectivity index (χ3v) is 2.01. The number of aromatic hydroxyl groups is 2. The Labute approximate surface area is 93.1 Å². The van der Waals surface area contributed by atoms with Gasteiger partial charge in [0.2, 0.25) is 0 Å². The zero-order valence-corrected chi connectivity index (χ0v) is 8.73. The molecule has 0 heterocycles. The fourth-order valence-electron chi connectivity index (χ4n) is 1.22. The number of urea groups is 1. The fraction of sp³-hybridized carbons (Fsp3) is 0.300. The fourth-order valence-corrected chi connectivity index (χ4v) is 1.22. The van der Waals surface area contributed by atoms with Crippen molar-refractivity contribution in [3.63, 3.8) is 0 Å². The molecule has 0 fully saturated rings. The maximum absolute atomic E-state index is 10.3. The van der Waals surface area contributed by atoms with E-state index < -0.39 is 6.03 Å². The van der Waals surface area contributed by atoms with Crippen LogP contribution in [-0.4, -0.2) is 29.3 Å². The lowest BCUT2D eigenvalue weighted by molar-refractivity contribution is 0.249. The molecule has 0 atom stereocenters. The predicted molar refractivity (Wildman–Crippen MR) is 59.1 cm³/mol. The van der Waals surface area contributed by atoms with Crippen molar-refractivity contribution in [3.8, 4) is 11.5 Å². The molecular weight excluding hydrogens is 210 g/mol. The lowest BCUT2D eigenvalue weighted by Gasteiger charge is -2.07. The summed E-state index contributed by atoms with van der Waals surface area (Å²) >= 11 is 0. The van der Waals surface area contributed by atoms with E-state index in [4.69, 9.17) is 5.73 Å². The molecule has 0 radical (unpaired) electrons. The molecule has 1 aromatic carbocycles. The van der Waals surface area contributed by atoms with E-state index in [9.17, 15) is 15.0 Å². The lowest BCUT2D eigenvalue weighted by atomic mass is 10.2. The number of phenolic OH excluding ortho intramolecular Hbond substituents is 2. The molecule has 0 unspecified atom stereocenters. The Kier molecular flexibility index (Phi) is 4.41. The minimum absolute atomic E-state index is 0.127. The largest absolute Gasteiger partial charge is 0.504 e. The van der Waals surface area contributed by atoms with Crippen molar-refractivity contribution in [2.45, 2.75) is 6.54 Å². The summed E-state index contributed by atoms with van der Waals surface area (Å²) in [7, 11) is 0. The van der Waals surface area contributed by atoms with Gasteiger partial charge in [0.25, 0.3) is 0 Å². The second-order valence-corrected chi connectivity index (χ2v) is 3.25. The van der Waals surface area contributed by atoms with Gasteiger partial charge in [-0.15, -0.1) is 0 Å². The Bertz CT molecular complexity index is 368. The summed E-state index contributed by atoms with van der Waals surface area (Å²) in [6.45, 7) is 1.34. The van der Waals surface area contributed by atoms with Gasteiger partial charge < -0.3 is 26.6 Å². The normalized spacial score (nSPS) is 10.0. The standard InChI is InChI=1S/C10H15N3O3/c11-10(16)13-5-4-12-6-7-2-1-3-8(14)9(7)15/h1-3,12,14-15H,4-6H2,(H3,11,13,16). The molecule has 1 rings (SSSR count). The first-order valence-electron chi connectivity index (χ1n) is 4.85. The number of hydrogen-bond acceptors (Lipinski definition) is 4. The zero-order chi connectivity index (χ0) is 12.0. The van der Waals surface area contributed by atoms with Crippen LogP contribution in [0.4, 0.5) is 4.79 Å². The molecule has 6 N–H and O–H groups in total. The average molecular weight is 225 g/mol. The van der Waals surface area contributed by atoms with E-state index in [0.29, 0.717) is 25.2 Å². The van der Waals surface area contributed by atoms with Crippen molar-refractivity contribution in [1.82, 2.24) is 10.6 Å². The molecular formula is C10H15N3O3. The highest BCUT2D eigenvalue weighted by Gasteiger charge is 2.04. The SMILES string of the molecule is NC(=O)NCCNCc1cccc(O)c1O. The average Bonchev–Trinajstić information content (AvgIpc) is 2.23. The molecule has 1 aromatic rings. The van der Waals surface area contributed by atoms with E-state index >= 15 is 0 Å². The van der Waals surface area contributed by atoms with Gasteiger partial charge in [-0.1, -0.05) is 12.1 Å². The Morgan fingerprint density at radius 2 is 2.06 bits per heavy atom. The van der Waals surface area contributed by atoms with Gasteiger partial charge in [0.15, 0.2) is 11.5 Å². The van der Waals surface area contributed by atoms with Crippen molar-refractivity contribution < 1.29 is 15.0 Å². The summed E-state index contributed by atoms with van der Waals surface area (Å²) in [5.41, 5.74) is 5.48. The first-order valence-corrected chi connectivity index (χ1v) is 4.85. The molecule has 0 aliphatic rings. The van der Waals surface area contributed by atoms with E-state index in [1.165, 1.54) is 6.07 Å². The maximum Gasteiger partial charge on any atom is 0.312 e. The molecule has 0 aliphatic carbocycles. The molecule has 6 heteroatoms. The topological polar surface area (TPSA) is 108 Å². The van der Waals surface area contributed by atoms with Crippen LogP contribution in [0.5, 0.6) is 11.5 Å². The number of amides is 2. The van der Waals surface area contributed by atoms with E-state index in [1.807, 2.05) is 0 Å². The number of nitrogens with two attached hydrogens (primary N) is 1. The minimum Gasteiger partial charge on any atom is -0.504 e. The van der Waals surface area contributed by atoms with Gasteiger partial charge in [0.1, 0.15) is 0 Å². The van der Waals surface area contributed by atoms with Crippen molar-refractivity contribution in [2.24, 2.45) is 5.73 Å². The molecule has 0 saturated heterocycles. The summed E-state index contributed by atoms with van der Waals surface area (Å²) in [4.78, 5) is 10.3. The Morgan fingerprint density at radius 3 is 2.75 bits per heavy atom. The molecule has 6 nitrogen and oxygen atoms in total. The Morgan fingerprint density at radius 1 is 1.31 bits per heavy atom. The summed E-state index contributed by atoms with van der Waals surface area (Å²) in [5.74, 6) is -0.271. The maximum atomic E-state index is 10.3. The summed E-state index contributed by atoms with van der Waals surface area (Å²) in [5, 5.41) is 24.1. The van der Waals surface area contributed by atoms with Gasteiger partial charge in [0.05, 0.1) is 0 Å². The quantitative estimate of drug-likeness (QED) is 0.355. The highest BCUT2D eigenvalue weighted by atomic mass is 16.3. The van der Waals surface area contributed by atoms with Crippen LogP contribution in [0.15, 0.2) is 18.2 Å². The third kappa shape index (κ3) is 3.66. The monoisotopic (exact) mass is 225 g/mol. The minimum atomic E-state index is -0.568. The highest BCUT2D eigenvalue weighted by molar-refractivity contribution is 5.71. The Balaban J connectivity index is 2.32. The van der Waals surface area contributed by atoms with Crippen molar-refractivity contribution >= 4 is 6.03 Å². The van der Waals surface area contributed by atoms with Gasteiger partial charge in [-0.25, -0.2) is 4.79 Å². The van der Waals surface area contributed by atoms with Gasteiger partial charge >= 0.3 is 6.03 Å². The van der Waals surface area contributed by atoms with Crippen LogP contribution in [0.2, 0.25) is 0 Å². The zero-order valence-electron chi connectivity index (χ0n) is 8.73. The van der Waals surface area contributed by atoms with Crippen LogP contribution in [0.1, 0.15) is 5.56 Å². The number of carbonyl (C=O) groups is 1. The van der Waals surface area contributed by atoms with Crippen molar-refractivity contribution in [2.75, 3.05) is 13.1 Å². The molecule has 0 aromatic heterocycles. The molecule has 0 saturated carbocycles. The number of nitrogens with one attached hydrogen (secondary N) is 2. The number of primary amides is 1. The number of rotatable bonds is 5. The number of hydrogen-bond donors (Lipinski definition) is 5. The highest BCUT2D eigenvalue weighted by Crippen LogP contribution is 2.27. The van der Waals surface area contributed by atoms with Crippen molar-refractivity contribution in [1.29, 1.82) is 0 Å². The number of carbonyl (C=O) groups excluding carboxylic acids is 1. The predicted octanol–water partition coefficient (Wildman–Crippen LogP) is -0.144. The van der Waals surface area contributed by atoms with Crippen LogP contribution in [0.3, 0.4) is 0 Å². The first kappa shape index (κ1) is 12.1. The summed E-state index contributed by atoms with van der Waals surface area (Å²) < 4.78 is 0. The van der Waals surface area contributed by atoms with Gasteiger partial charge in [-0.3, -0.25) is 0 Å². The second kappa shape index (κ2) is 5.82. The second-order valence-electron chi connectivity index (χ2n) is 3.25. The van der Waals surface area contributed by atoms with Crippen LogP contribution in [0, 0.1) is 0 Å². The lowest BCUT2D eigenvalue weighted by Crippen LogP contribution is -2.35. The van der Waals surface area contributed by atoms with Crippen LogP contribution < -0.4 is 16.4 Å². The van der Waals surface area contributed by atoms with E-state index in [0.717, 1.165) is 0 Å². The van der Waals surface area contributed by atoms with E-state index in [-0.39, 0.29) is 11.5 Å². The van der Waals surface area contributed by atoms with Crippen LogP contribution in [-0.2, 0) is 6.54 Å². The summed E-state index contributed by atoms with van der Waals surface area (Å²) in [6.07, 6.45) is 0. The van der Waals surface area contributed by atoms with Crippen molar-refractivity contribution in [3.05, 3.63) is 23.8 Å². The number of para-hydroxylation sites is 1. The van der Waals surface area contributed by atoms with Gasteiger partial charge in [-0.05, 0) is 6.07 Å².